The zero-order valence-corrected chi connectivity index (χ0v) is 22.3. The molecule has 0 atom stereocenters. The quantitative estimate of drug-likeness (QED) is 0.183. The lowest BCUT2D eigenvalue weighted by atomic mass is 10.1. The minimum absolute atomic E-state index is 0.0622. The fourth-order valence-corrected chi connectivity index (χ4v) is 5.76. The van der Waals surface area contributed by atoms with Crippen LogP contribution in [-0.2, 0) is 14.8 Å². The number of unbranched alkanes of at least 4 members (excludes halogenated alkanes) is 4. The lowest BCUT2D eigenvalue weighted by Gasteiger charge is -2.12. The zero-order valence-electron chi connectivity index (χ0n) is 20.7. The summed E-state index contributed by atoms with van der Waals surface area (Å²) in [7, 11) is -2.40. The minimum atomic E-state index is -3.97. The molecule has 0 saturated carbocycles. The third kappa shape index (κ3) is 7.24. The number of ether oxygens (including phenoxy) is 2. The number of thioether (sulfide) groups is 1. The predicted octanol–water partition coefficient (Wildman–Crippen LogP) is 5.89. The Morgan fingerprint density at radius 1 is 1.06 bits per heavy atom. The molecule has 1 amide bonds. The molecule has 3 rings (SSSR count). The Hall–Kier alpha value is -3.04. The molecule has 2 aromatic carbocycles. The summed E-state index contributed by atoms with van der Waals surface area (Å²) in [6.45, 7) is 6.62. The van der Waals surface area contributed by atoms with Crippen molar-refractivity contribution in [1.29, 1.82) is 0 Å². The van der Waals surface area contributed by atoms with Crippen molar-refractivity contribution >= 4 is 38.9 Å². The summed E-state index contributed by atoms with van der Waals surface area (Å²) in [6.07, 6.45) is 8.97. The highest BCUT2D eigenvalue weighted by Crippen LogP contribution is 2.35. The Morgan fingerprint density at radius 2 is 1.81 bits per heavy atom. The molecule has 9 heteroatoms. The summed E-state index contributed by atoms with van der Waals surface area (Å²) in [6, 6.07) is 13.4. The molecule has 0 aliphatic carbocycles. The van der Waals surface area contributed by atoms with Crippen LogP contribution >= 0.6 is 11.8 Å². The first-order valence-electron chi connectivity index (χ1n) is 11.9. The molecule has 1 aliphatic rings. The normalized spacial score (nSPS) is 16.1. The summed E-state index contributed by atoms with van der Waals surface area (Å²) >= 11 is 1.01. The molecule has 7 nitrogen and oxygen atoms in total. The molecule has 0 bridgehead atoms. The second-order valence-corrected chi connectivity index (χ2v) is 10.8. The van der Waals surface area contributed by atoms with Gasteiger partial charge in [0.15, 0.2) is 16.7 Å². The molecule has 1 saturated heterocycles. The van der Waals surface area contributed by atoms with E-state index in [1.165, 1.54) is 42.4 Å². The Bertz CT molecular complexity index is 1220. The van der Waals surface area contributed by atoms with Gasteiger partial charge in [0, 0.05) is 6.54 Å². The van der Waals surface area contributed by atoms with Crippen LogP contribution in [0, 0.1) is 0 Å². The molecule has 0 unspecified atom stereocenters. The van der Waals surface area contributed by atoms with Gasteiger partial charge in [-0.1, -0.05) is 62.9 Å². The van der Waals surface area contributed by atoms with E-state index in [0.29, 0.717) is 23.0 Å². The summed E-state index contributed by atoms with van der Waals surface area (Å²) in [4.78, 5) is 14.8. The first kappa shape index (κ1) is 27.5. The van der Waals surface area contributed by atoms with Crippen LogP contribution in [0.25, 0.3) is 6.08 Å². The maximum atomic E-state index is 13.1. The van der Waals surface area contributed by atoms with Gasteiger partial charge in [-0.2, -0.15) is 8.42 Å². The zero-order chi connectivity index (χ0) is 26.0. The molecule has 0 N–H and O–H groups in total. The Balaban J connectivity index is 1.80. The highest BCUT2D eigenvalue weighted by molar-refractivity contribution is 8.19. The van der Waals surface area contributed by atoms with Gasteiger partial charge in [-0.3, -0.25) is 9.69 Å². The van der Waals surface area contributed by atoms with Crippen LogP contribution < -0.4 is 9.47 Å². The third-order valence-electron chi connectivity index (χ3n) is 5.43. The van der Waals surface area contributed by atoms with Crippen molar-refractivity contribution in [3.63, 3.8) is 0 Å². The number of carbonyl (C=O) groups excluding carboxylic acids is 1. The molecule has 1 aliphatic heterocycles. The van der Waals surface area contributed by atoms with E-state index in [1.54, 1.807) is 37.5 Å². The Kier molecular flexibility index (Phi) is 10.2. The van der Waals surface area contributed by atoms with Crippen molar-refractivity contribution in [2.45, 2.75) is 43.9 Å². The van der Waals surface area contributed by atoms with E-state index in [1.807, 2.05) is 12.1 Å². The summed E-state index contributed by atoms with van der Waals surface area (Å²) in [5.74, 6) is 0.871. The van der Waals surface area contributed by atoms with Crippen molar-refractivity contribution in [2.75, 3.05) is 20.3 Å². The van der Waals surface area contributed by atoms with Crippen molar-refractivity contribution in [3.05, 3.63) is 71.7 Å². The molecule has 192 valence electrons. The SMILES string of the molecule is C=CCN1C(=O)/C(=C/c2ccc(OCCCCCCC)c(OC)c2)S/C1=N/S(=O)(=O)c1ccccc1. The van der Waals surface area contributed by atoms with Crippen molar-refractivity contribution in [2.24, 2.45) is 4.40 Å². The van der Waals surface area contributed by atoms with Gasteiger partial charge in [-0.05, 0) is 54.1 Å². The maximum absolute atomic E-state index is 13.1. The van der Waals surface area contributed by atoms with Crippen molar-refractivity contribution in [3.8, 4) is 11.5 Å². The number of amides is 1. The highest BCUT2D eigenvalue weighted by atomic mass is 32.2. The Morgan fingerprint density at radius 3 is 2.50 bits per heavy atom. The smallest absolute Gasteiger partial charge is 0.284 e. The van der Waals surface area contributed by atoms with Crippen molar-refractivity contribution < 1.29 is 22.7 Å². The number of hydrogen-bond donors (Lipinski definition) is 0. The van der Waals surface area contributed by atoms with Gasteiger partial charge in [0.1, 0.15) is 0 Å². The fraction of sp³-hybridized carbons (Fsp3) is 0.333. The van der Waals surface area contributed by atoms with Gasteiger partial charge in [-0.25, -0.2) is 0 Å². The molecule has 36 heavy (non-hydrogen) atoms. The second kappa shape index (κ2) is 13.3. The van der Waals surface area contributed by atoms with Crippen LogP contribution in [0.4, 0.5) is 0 Å². The van der Waals surface area contributed by atoms with E-state index < -0.39 is 10.0 Å². The monoisotopic (exact) mass is 528 g/mol. The average molecular weight is 529 g/mol. The largest absolute Gasteiger partial charge is 0.493 e. The van der Waals surface area contributed by atoms with E-state index in [0.717, 1.165) is 30.2 Å². The highest BCUT2D eigenvalue weighted by Gasteiger charge is 2.34. The molecular formula is C27H32N2O5S2. The van der Waals surface area contributed by atoms with E-state index in [9.17, 15) is 13.2 Å². The molecule has 0 aromatic heterocycles. The topological polar surface area (TPSA) is 85.3 Å². The molecule has 1 heterocycles. The standard InChI is InChI=1S/C27H32N2O5S2/c1-4-6-7-8-12-18-34-23-16-15-21(19-24(23)33-3)20-25-26(30)29(17-5-2)27(35-25)28-36(31,32)22-13-10-9-11-14-22/h5,9-11,13-16,19-20H,2,4,6-8,12,17-18H2,1,3H3/b25-20-,28-27+. The molecular weight excluding hydrogens is 496 g/mol. The van der Waals surface area contributed by atoms with Gasteiger partial charge >= 0.3 is 0 Å². The number of carbonyl (C=O) groups is 1. The number of hydrogen-bond acceptors (Lipinski definition) is 6. The first-order valence-corrected chi connectivity index (χ1v) is 14.2. The van der Waals surface area contributed by atoms with E-state index >= 15 is 0 Å². The van der Waals surface area contributed by atoms with Crippen LogP contribution in [0.5, 0.6) is 11.5 Å². The van der Waals surface area contributed by atoms with Gasteiger partial charge in [0.05, 0.1) is 23.5 Å². The third-order valence-corrected chi connectivity index (χ3v) is 7.83. The number of methoxy groups -OCH3 is 1. The Labute approximate surface area is 218 Å². The molecule has 2 aromatic rings. The number of benzene rings is 2. The lowest BCUT2D eigenvalue weighted by molar-refractivity contribution is -0.121. The first-order chi connectivity index (χ1) is 17.4. The molecule has 0 radical (unpaired) electrons. The van der Waals surface area contributed by atoms with Crippen molar-refractivity contribution in [1.82, 2.24) is 4.90 Å². The number of amidine groups is 1. The van der Waals surface area contributed by atoms with E-state index in [2.05, 4.69) is 17.9 Å². The summed E-state index contributed by atoms with van der Waals surface area (Å²) in [5.41, 5.74) is 0.726. The number of rotatable bonds is 13. The van der Waals surface area contributed by atoms with Crippen LogP contribution in [0.3, 0.4) is 0 Å². The van der Waals surface area contributed by atoms with E-state index in [-0.39, 0.29) is 22.5 Å². The fourth-order valence-electron chi connectivity index (χ4n) is 3.55. The van der Waals surface area contributed by atoms with Crippen LogP contribution in [0.2, 0.25) is 0 Å². The minimum Gasteiger partial charge on any atom is -0.493 e. The average Bonchev–Trinajstić information content (AvgIpc) is 3.15. The second-order valence-electron chi connectivity index (χ2n) is 8.15. The van der Waals surface area contributed by atoms with Gasteiger partial charge < -0.3 is 9.47 Å². The van der Waals surface area contributed by atoms with E-state index in [4.69, 9.17) is 9.47 Å². The van der Waals surface area contributed by atoms with Crippen LogP contribution in [-0.4, -0.2) is 44.7 Å². The molecule has 1 fully saturated rings. The summed E-state index contributed by atoms with van der Waals surface area (Å²) < 4.78 is 40.9. The van der Waals surface area contributed by atoms with Gasteiger partial charge in [0.25, 0.3) is 15.9 Å². The summed E-state index contributed by atoms with van der Waals surface area (Å²) in [5, 5.41) is 0.0880. The number of sulfonamides is 1. The van der Waals surface area contributed by atoms with Gasteiger partial charge in [0.2, 0.25) is 0 Å². The van der Waals surface area contributed by atoms with Gasteiger partial charge in [-0.15, -0.1) is 11.0 Å². The number of nitrogens with zero attached hydrogens (tertiary/aromatic N) is 2. The lowest BCUT2D eigenvalue weighted by Crippen LogP contribution is -2.29. The predicted molar refractivity (Wildman–Crippen MR) is 146 cm³/mol. The molecule has 0 spiro atoms. The van der Waals surface area contributed by atoms with Crippen LogP contribution in [0.1, 0.15) is 44.6 Å². The maximum Gasteiger partial charge on any atom is 0.284 e. The van der Waals surface area contributed by atoms with Crippen LogP contribution in [0.15, 0.2) is 75.4 Å².